The lowest BCUT2D eigenvalue weighted by Crippen LogP contribution is -2.28. The van der Waals surface area contributed by atoms with Crippen LogP contribution in [0.3, 0.4) is 0 Å². The van der Waals surface area contributed by atoms with Crippen LogP contribution >= 0.6 is 0 Å². The molecule has 2 heterocycles. The fraction of sp³-hybridized carbons (Fsp3) is 0.292. The predicted molar refractivity (Wildman–Crippen MR) is 120 cm³/mol. The van der Waals surface area contributed by atoms with Crippen LogP contribution in [0.15, 0.2) is 42.6 Å². The largest absolute Gasteiger partial charge is 0.497 e. The van der Waals surface area contributed by atoms with Gasteiger partial charge in [0.05, 0.1) is 18.1 Å². The number of rotatable bonds is 6. The third-order valence-corrected chi connectivity index (χ3v) is 5.43. The number of fused-ring (bicyclic) bond motifs is 3. The van der Waals surface area contributed by atoms with Crippen LogP contribution in [-0.4, -0.2) is 34.3 Å². The molecule has 6 heteroatoms. The minimum absolute atomic E-state index is 0.0549. The summed E-state index contributed by atoms with van der Waals surface area (Å²) in [6.45, 7) is 7.02. The maximum Gasteiger partial charge on any atom is 0.241 e. The van der Waals surface area contributed by atoms with Crippen molar-refractivity contribution in [2.24, 2.45) is 0 Å². The van der Waals surface area contributed by atoms with E-state index in [9.17, 15) is 4.79 Å². The van der Waals surface area contributed by atoms with Gasteiger partial charge in [-0.3, -0.25) is 14.5 Å². The molecular weight excluding hydrogens is 376 g/mol. The SMILES string of the molecule is CCCNC(=O)Cn1nc(-c2ccc(C)c(C)c2)c2cnc3ccc(OC)cc3c21. The highest BCUT2D eigenvalue weighted by Gasteiger charge is 2.18. The van der Waals surface area contributed by atoms with Gasteiger partial charge in [0.2, 0.25) is 5.91 Å². The molecule has 4 aromatic rings. The van der Waals surface area contributed by atoms with Crippen molar-refractivity contribution in [2.45, 2.75) is 33.7 Å². The molecule has 0 radical (unpaired) electrons. The highest BCUT2D eigenvalue weighted by molar-refractivity contribution is 6.08. The molecule has 0 bridgehead atoms. The van der Waals surface area contributed by atoms with Gasteiger partial charge in [0.15, 0.2) is 0 Å². The van der Waals surface area contributed by atoms with Gasteiger partial charge in [0.1, 0.15) is 18.0 Å². The summed E-state index contributed by atoms with van der Waals surface area (Å²) in [5, 5.41) is 9.63. The first-order valence-electron chi connectivity index (χ1n) is 10.2. The summed E-state index contributed by atoms with van der Waals surface area (Å²) in [5.74, 6) is 0.688. The first-order valence-corrected chi connectivity index (χ1v) is 10.2. The van der Waals surface area contributed by atoms with E-state index in [4.69, 9.17) is 9.84 Å². The van der Waals surface area contributed by atoms with Crippen molar-refractivity contribution >= 4 is 27.7 Å². The molecule has 6 nitrogen and oxygen atoms in total. The molecule has 0 saturated carbocycles. The van der Waals surface area contributed by atoms with Crippen LogP contribution in [-0.2, 0) is 11.3 Å². The Labute approximate surface area is 175 Å². The number of aromatic nitrogens is 3. The predicted octanol–water partition coefficient (Wildman–Crippen LogP) is 4.40. The summed E-state index contributed by atoms with van der Waals surface area (Å²) in [7, 11) is 1.64. The van der Waals surface area contributed by atoms with E-state index in [2.05, 4.69) is 42.3 Å². The lowest BCUT2D eigenvalue weighted by Gasteiger charge is -2.08. The minimum Gasteiger partial charge on any atom is -0.497 e. The molecule has 0 aliphatic rings. The maximum atomic E-state index is 12.5. The fourth-order valence-corrected chi connectivity index (χ4v) is 3.63. The van der Waals surface area contributed by atoms with Gasteiger partial charge < -0.3 is 10.1 Å². The summed E-state index contributed by atoms with van der Waals surface area (Å²) in [6.07, 6.45) is 2.74. The van der Waals surface area contributed by atoms with Gasteiger partial charge in [0.25, 0.3) is 0 Å². The Morgan fingerprint density at radius 2 is 1.93 bits per heavy atom. The summed E-state index contributed by atoms with van der Waals surface area (Å²) in [6, 6.07) is 12.1. The minimum atomic E-state index is -0.0549. The molecule has 154 valence electrons. The van der Waals surface area contributed by atoms with Gasteiger partial charge in [0, 0.05) is 29.1 Å². The third-order valence-electron chi connectivity index (χ3n) is 5.43. The molecule has 1 N–H and O–H groups in total. The number of methoxy groups -OCH3 is 1. The Bertz CT molecular complexity index is 1240. The van der Waals surface area contributed by atoms with Crippen LogP contribution in [0, 0.1) is 13.8 Å². The van der Waals surface area contributed by atoms with Crippen LogP contribution < -0.4 is 10.1 Å². The van der Waals surface area contributed by atoms with Gasteiger partial charge in [-0.15, -0.1) is 0 Å². The number of benzene rings is 2. The second-order valence-electron chi connectivity index (χ2n) is 7.56. The van der Waals surface area contributed by atoms with Crippen LogP contribution in [0.2, 0.25) is 0 Å². The van der Waals surface area contributed by atoms with Gasteiger partial charge in [-0.25, -0.2) is 0 Å². The van der Waals surface area contributed by atoms with E-state index in [1.54, 1.807) is 11.8 Å². The lowest BCUT2D eigenvalue weighted by atomic mass is 10.0. The van der Waals surface area contributed by atoms with E-state index >= 15 is 0 Å². The highest BCUT2D eigenvalue weighted by atomic mass is 16.5. The topological polar surface area (TPSA) is 69.0 Å². The zero-order valence-electron chi connectivity index (χ0n) is 17.8. The Morgan fingerprint density at radius 1 is 1.10 bits per heavy atom. The Kier molecular flexibility index (Phi) is 5.40. The van der Waals surface area contributed by atoms with Gasteiger partial charge >= 0.3 is 0 Å². The molecule has 2 aromatic carbocycles. The molecule has 0 aliphatic carbocycles. The maximum absolute atomic E-state index is 12.5. The molecule has 0 saturated heterocycles. The van der Waals surface area contributed by atoms with Crippen LogP contribution in [0.4, 0.5) is 0 Å². The molecule has 0 spiro atoms. The Hall–Kier alpha value is -3.41. The molecule has 30 heavy (non-hydrogen) atoms. The van der Waals surface area contributed by atoms with Crippen LogP contribution in [0.25, 0.3) is 33.1 Å². The fourth-order valence-electron chi connectivity index (χ4n) is 3.63. The molecule has 0 aliphatic heterocycles. The molecule has 4 rings (SSSR count). The number of nitrogens with zero attached hydrogens (tertiary/aromatic N) is 3. The van der Waals surface area contributed by atoms with Crippen molar-refractivity contribution in [2.75, 3.05) is 13.7 Å². The zero-order chi connectivity index (χ0) is 21.3. The number of nitrogens with one attached hydrogen (secondary N) is 1. The van der Waals surface area contributed by atoms with Crippen LogP contribution in [0.5, 0.6) is 5.75 Å². The van der Waals surface area contributed by atoms with E-state index < -0.39 is 0 Å². The molecule has 0 unspecified atom stereocenters. The summed E-state index contributed by atoms with van der Waals surface area (Å²) < 4.78 is 7.21. The molecule has 0 fully saturated rings. The Balaban J connectivity index is 1.95. The number of aryl methyl sites for hydroxylation is 2. The van der Waals surface area contributed by atoms with E-state index in [1.807, 2.05) is 31.3 Å². The quantitative estimate of drug-likeness (QED) is 0.519. The lowest BCUT2D eigenvalue weighted by molar-refractivity contribution is -0.121. The highest BCUT2D eigenvalue weighted by Crippen LogP contribution is 2.34. The number of hydrogen-bond donors (Lipinski definition) is 1. The van der Waals surface area contributed by atoms with E-state index in [0.29, 0.717) is 6.54 Å². The average molecular weight is 402 g/mol. The monoisotopic (exact) mass is 402 g/mol. The van der Waals surface area contributed by atoms with Crippen molar-refractivity contribution in [3.63, 3.8) is 0 Å². The molecule has 2 aromatic heterocycles. The molecule has 1 amide bonds. The number of ether oxygens (including phenoxy) is 1. The van der Waals surface area contributed by atoms with E-state index in [0.717, 1.165) is 45.2 Å². The Morgan fingerprint density at radius 3 is 2.67 bits per heavy atom. The van der Waals surface area contributed by atoms with Crippen molar-refractivity contribution in [1.29, 1.82) is 0 Å². The average Bonchev–Trinajstić information content (AvgIpc) is 3.12. The first kappa shape index (κ1) is 19.9. The molecule has 0 atom stereocenters. The molecular formula is C24H26N4O2. The number of hydrogen-bond acceptors (Lipinski definition) is 4. The third kappa shape index (κ3) is 3.61. The van der Waals surface area contributed by atoms with Crippen molar-refractivity contribution < 1.29 is 9.53 Å². The van der Waals surface area contributed by atoms with Gasteiger partial charge in [-0.1, -0.05) is 19.1 Å². The smallest absolute Gasteiger partial charge is 0.241 e. The second-order valence-corrected chi connectivity index (χ2v) is 7.56. The van der Waals surface area contributed by atoms with E-state index in [-0.39, 0.29) is 12.5 Å². The zero-order valence-corrected chi connectivity index (χ0v) is 17.8. The standard InChI is InChI=1S/C24H26N4O2/c1-5-10-25-22(29)14-28-24-19-12-18(30-4)8-9-21(19)26-13-20(24)23(27-28)17-7-6-15(2)16(3)11-17/h6-9,11-13H,5,10,14H2,1-4H3,(H,25,29). The van der Waals surface area contributed by atoms with Crippen LogP contribution in [0.1, 0.15) is 24.5 Å². The summed E-state index contributed by atoms with van der Waals surface area (Å²) in [5.41, 5.74) is 6.00. The normalized spacial score (nSPS) is 11.2. The van der Waals surface area contributed by atoms with Gasteiger partial charge in [-0.2, -0.15) is 5.10 Å². The van der Waals surface area contributed by atoms with E-state index in [1.165, 1.54) is 11.1 Å². The summed E-state index contributed by atoms with van der Waals surface area (Å²) in [4.78, 5) is 17.2. The number of amides is 1. The summed E-state index contributed by atoms with van der Waals surface area (Å²) >= 11 is 0. The van der Waals surface area contributed by atoms with Crippen molar-refractivity contribution in [3.05, 3.63) is 53.7 Å². The number of carbonyl (C=O) groups is 1. The number of pyridine rings is 1. The second kappa shape index (κ2) is 8.14. The number of carbonyl (C=O) groups excluding carboxylic acids is 1. The van der Waals surface area contributed by atoms with Crippen molar-refractivity contribution in [3.8, 4) is 17.0 Å². The van der Waals surface area contributed by atoms with Crippen molar-refractivity contribution in [1.82, 2.24) is 20.1 Å². The first-order chi connectivity index (χ1) is 14.5. The van der Waals surface area contributed by atoms with Gasteiger partial charge in [-0.05, 0) is 55.7 Å².